The molecule has 5 rings (SSSR count). The van der Waals surface area contributed by atoms with Crippen molar-refractivity contribution in [3.05, 3.63) is 41.4 Å². The van der Waals surface area contributed by atoms with Crippen LogP contribution in [0.5, 0.6) is 0 Å². The normalized spacial score (nSPS) is 30.3. The van der Waals surface area contributed by atoms with Crippen LogP contribution < -0.4 is 10.6 Å². The lowest BCUT2D eigenvalue weighted by Gasteiger charge is -2.38. The van der Waals surface area contributed by atoms with Gasteiger partial charge in [0.25, 0.3) is 0 Å². The molecule has 2 bridgehead atoms. The van der Waals surface area contributed by atoms with Gasteiger partial charge in [0.2, 0.25) is 11.8 Å². The molecule has 2 fully saturated rings. The number of carbonyl (C=O) groups excluding carboxylic acids is 3. The average Bonchev–Trinajstić information content (AvgIpc) is 2.91. The SMILES string of the molecule is C[C@@H](NC(=O)Nc1ccc(Cl)cc1)N1C(=O)[C@@H]2[C@H](C1=O)[C@H]1C=C[C@H]2CC1. The van der Waals surface area contributed by atoms with Gasteiger partial charge in [-0.1, -0.05) is 23.8 Å². The van der Waals surface area contributed by atoms with Crippen molar-refractivity contribution in [2.75, 3.05) is 5.32 Å². The third kappa shape index (κ3) is 2.78. The highest BCUT2D eigenvalue weighted by Crippen LogP contribution is 2.49. The molecule has 1 saturated carbocycles. The van der Waals surface area contributed by atoms with E-state index in [9.17, 15) is 14.4 Å². The Hall–Kier alpha value is -2.34. The maximum atomic E-state index is 12.8. The van der Waals surface area contributed by atoms with Gasteiger partial charge in [-0.2, -0.15) is 0 Å². The number of hydrogen-bond acceptors (Lipinski definition) is 3. The first-order valence-electron chi connectivity index (χ1n) is 8.84. The zero-order valence-electron chi connectivity index (χ0n) is 14.3. The van der Waals surface area contributed by atoms with Crippen LogP contribution in [0.4, 0.5) is 10.5 Å². The third-order valence-electron chi connectivity index (χ3n) is 5.62. The number of likely N-dealkylation sites (tertiary alicyclic amines) is 1. The van der Waals surface area contributed by atoms with Gasteiger partial charge < -0.3 is 10.6 Å². The highest BCUT2D eigenvalue weighted by atomic mass is 35.5. The van der Waals surface area contributed by atoms with Crippen molar-refractivity contribution in [1.82, 2.24) is 10.2 Å². The van der Waals surface area contributed by atoms with Gasteiger partial charge in [-0.3, -0.25) is 14.5 Å². The maximum absolute atomic E-state index is 12.8. The van der Waals surface area contributed by atoms with Crippen LogP contribution in [0, 0.1) is 23.7 Å². The number of amides is 4. The van der Waals surface area contributed by atoms with E-state index >= 15 is 0 Å². The monoisotopic (exact) mass is 373 g/mol. The molecule has 1 aromatic carbocycles. The van der Waals surface area contributed by atoms with Gasteiger partial charge in [-0.15, -0.1) is 0 Å². The number of carbonyl (C=O) groups is 3. The average molecular weight is 374 g/mol. The van der Waals surface area contributed by atoms with Crippen LogP contribution in [0.1, 0.15) is 19.8 Å². The summed E-state index contributed by atoms with van der Waals surface area (Å²) in [5.41, 5.74) is 0.578. The Balaban J connectivity index is 1.44. The summed E-state index contributed by atoms with van der Waals surface area (Å²) in [4.78, 5) is 39.1. The first-order chi connectivity index (χ1) is 12.5. The van der Waals surface area contributed by atoms with Crippen LogP contribution in [0.15, 0.2) is 36.4 Å². The molecule has 1 heterocycles. The molecule has 1 saturated heterocycles. The Kier molecular flexibility index (Phi) is 4.23. The molecule has 0 unspecified atom stereocenters. The third-order valence-corrected chi connectivity index (χ3v) is 5.87. The molecular weight excluding hydrogens is 354 g/mol. The summed E-state index contributed by atoms with van der Waals surface area (Å²) in [5, 5.41) is 5.93. The van der Waals surface area contributed by atoms with E-state index in [1.807, 2.05) is 0 Å². The second-order valence-electron chi connectivity index (χ2n) is 7.17. The van der Waals surface area contributed by atoms with E-state index in [4.69, 9.17) is 11.6 Å². The van der Waals surface area contributed by atoms with Gasteiger partial charge in [-0.25, -0.2) is 4.79 Å². The lowest BCUT2D eigenvalue weighted by Crippen LogP contribution is -2.50. The molecule has 5 atom stereocenters. The minimum atomic E-state index is -0.702. The molecule has 0 spiro atoms. The Morgan fingerprint density at radius 1 is 1.08 bits per heavy atom. The Morgan fingerprint density at radius 3 is 2.12 bits per heavy atom. The topological polar surface area (TPSA) is 78.5 Å². The van der Waals surface area contributed by atoms with Crippen LogP contribution in [0.25, 0.3) is 0 Å². The quantitative estimate of drug-likeness (QED) is 0.631. The number of anilines is 1. The lowest BCUT2D eigenvalue weighted by atomic mass is 9.63. The molecule has 1 aromatic rings. The fourth-order valence-corrected chi connectivity index (χ4v) is 4.56. The largest absolute Gasteiger partial charge is 0.320 e. The van der Waals surface area contributed by atoms with Crippen molar-refractivity contribution in [2.45, 2.75) is 25.9 Å². The van der Waals surface area contributed by atoms with Gasteiger partial charge in [-0.05, 0) is 55.9 Å². The molecule has 4 amide bonds. The Bertz CT molecular complexity index is 760. The fourth-order valence-electron chi connectivity index (χ4n) is 4.43. The predicted octanol–water partition coefficient (Wildman–Crippen LogP) is 3.00. The van der Waals surface area contributed by atoms with Crippen molar-refractivity contribution in [1.29, 1.82) is 0 Å². The van der Waals surface area contributed by atoms with E-state index in [0.29, 0.717) is 10.7 Å². The standard InChI is InChI=1S/C19H20ClN3O3/c1-10(21-19(26)22-14-8-6-13(20)7-9-14)23-17(24)15-11-2-3-12(5-4-11)16(15)18(23)25/h2-3,6-12,15-16H,4-5H2,1H3,(H2,21,22,26)/t10-,11-,12-,15-,16+/m0/s1. The number of hydrogen-bond donors (Lipinski definition) is 2. The van der Waals surface area contributed by atoms with Crippen molar-refractivity contribution in [3.8, 4) is 0 Å². The smallest absolute Gasteiger partial charge is 0.317 e. The number of nitrogens with zero attached hydrogens (tertiary/aromatic N) is 1. The fraction of sp³-hybridized carbons (Fsp3) is 0.421. The molecule has 6 nitrogen and oxygen atoms in total. The zero-order valence-corrected chi connectivity index (χ0v) is 15.1. The second-order valence-corrected chi connectivity index (χ2v) is 7.61. The maximum Gasteiger partial charge on any atom is 0.320 e. The number of imide groups is 1. The van der Waals surface area contributed by atoms with Gasteiger partial charge in [0.1, 0.15) is 6.17 Å². The lowest BCUT2D eigenvalue weighted by molar-refractivity contribution is -0.142. The van der Waals surface area contributed by atoms with Crippen LogP contribution in [-0.2, 0) is 9.59 Å². The van der Waals surface area contributed by atoms with E-state index in [-0.39, 0.29) is 35.5 Å². The number of halogens is 1. The summed E-state index contributed by atoms with van der Waals surface area (Å²) in [5.74, 6) is -0.593. The van der Waals surface area contributed by atoms with Gasteiger partial charge in [0, 0.05) is 10.7 Å². The van der Waals surface area contributed by atoms with E-state index in [2.05, 4.69) is 22.8 Å². The zero-order chi connectivity index (χ0) is 18.4. The number of benzene rings is 1. The summed E-state index contributed by atoms with van der Waals surface area (Å²) in [6.45, 7) is 1.66. The number of fused-ring (bicyclic) bond motifs is 1. The summed E-state index contributed by atoms with van der Waals surface area (Å²) < 4.78 is 0. The molecule has 3 aliphatic carbocycles. The molecular formula is C19H20ClN3O3. The molecule has 136 valence electrons. The summed E-state index contributed by atoms with van der Waals surface area (Å²) >= 11 is 5.82. The van der Waals surface area contributed by atoms with Crippen LogP contribution in [0.3, 0.4) is 0 Å². The Labute approximate surface area is 156 Å². The first-order valence-corrected chi connectivity index (χ1v) is 9.22. The second kappa shape index (κ2) is 6.43. The summed E-state index contributed by atoms with van der Waals surface area (Å²) in [6.07, 6.45) is 5.36. The van der Waals surface area contributed by atoms with Crippen LogP contribution in [-0.4, -0.2) is 28.9 Å². The van der Waals surface area contributed by atoms with E-state index in [1.165, 1.54) is 4.90 Å². The van der Waals surface area contributed by atoms with Crippen LogP contribution >= 0.6 is 11.6 Å². The molecule has 0 radical (unpaired) electrons. The number of urea groups is 1. The highest BCUT2D eigenvalue weighted by molar-refractivity contribution is 6.30. The number of nitrogens with one attached hydrogen (secondary N) is 2. The Morgan fingerprint density at radius 2 is 1.62 bits per heavy atom. The van der Waals surface area contributed by atoms with E-state index in [0.717, 1.165) is 12.8 Å². The van der Waals surface area contributed by atoms with E-state index in [1.54, 1.807) is 31.2 Å². The minimum absolute atomic E-state index is 0.140. The van der Waals surface area contributed by atoms with Gasteiger partial charge in [0.15, 0.2) is 0 Å². The summed E-state index contributed by atoms with van der Waals surface area (Å²) in [7, 11) is 0. The molecule has 2 N–H and O–H groups in total. The van der Waals surface area contributed by atoms with Crippen molar-refractivity contribution in [3.63, 3.8) is 0 Å². The molecule has 26 heavy (non-hydrogen) atoms. The van der Waals surface area contributed by atoms with Gasteiger partial charge >= 0.3 is 6.03 Å². The molecule has 1 aliphatic heterocycles. The summed E-state index contributed by atoms with van der Waals surface area (Å²) in [6, 6.07) is 6.22. The molecule has 4 aliphatic rings. The molecule has 7 heteroatoms. The van der Waals surface area contributed by atoms with Crippen molar-refractivity contribution in [2.24, 2.45) is 23.7 Å². The highest BCUT2D eigenvalue weighted by Gasteiger charge is 2.57. The predicted molar refractivity (Wildman–Crippen MR) is 97.3 cm³/mol. The van der Waals surface area contributed by atoms with Gasteiger partial charge in [0.05, 0.1) is 11.8 Å². The number of rotatable bonds is 3. The first kappa shape index (κ1) is 17.1. The minimum Gasteiger partial charge on any atom is -0.317 e. The van der Waals surface area contributed by atoms with E-state index < -0.39 is 12.2 Å². The van der Waals surface area contributed by atoms with Crippen molar-refractivity contribution >= 4 is 35.1 Å². The number of allylic oxidation sites excluding steroid dienone is 2. The van der Waals surface area contributed by atoms with Crippen molar-refractivity contribution < 1.29 is 14.4 Å². The van der Waals surface area contributed by atoms with Crippen LogP contribution in [0.2, 0.25) is 5.02 Å². The molecule has 0 aromatic heterocycles.